The van der Waals surface area contributed by atoms with E-state index in [0.717, 1.165) is 0 Å². The number of amides is 1. The predicted molar refractivity (Wildman–Crippen MR) is 108 cm³/mol. The minimum absolute atomic E-state index is 0.000214. The number of fused-ring (bicyclic) bond motifs is 1. The van der Waals surface area contributed by atoms with Crippen LogP contribution in [0.2, 0.25) is 0 Å². The van der Waals surface area contributed by atoms with Crippen LogP contribution in [0.5, 0.6) is 0 Å². The van der Waals surface area contributed by atoms with E-state index in [1.165, 1.54) is 41.3 Å². The number of sulfonamides is 1. The molecule has 0 spiro atoms. The number of thiocarbonyl (C=S) groups is 1. The van der Waals surface area contributed by atoms with Crippen LogP contribution >= 0.6 is 12.2 Å². The summed E-state index contributed by atoms with van der Waals surface area (Å²) in [5.41, 5.74) is 3.53. The van der Waals surface area contributed by atoms with Gasteiger partial charge in [-0.3, -0.25) is 10.2 Å². The molecule has 0 aliphatic carbocycles. The second-order valence-electron chi connectivity index (χ2n) is 5.78. The van der Waals surface area contributed by atoms with Gasteiger partial charge in [-0.15, -0.1) is 0 Å². The molecule has 0 fully saturated rings. The number of carbonyl (C=O) groups is 1. The number of halogens is 1. The van der Waals surface area contributed by atoms with Crippen molar-refractivity contribution in [2.45, 2.75) is 11.8 Å². The highest BCUT2D eigenvalue weighted by Gasteiger charge is 2.33. The number of hydrazone groups is 1. The number of para-hydroxylation sites is 1. The summed E-state index contributed by atoms with van der Waals surface area (Å²) in [5, 5.41) is 11.8. The van der Waals surface area contributed by atoms with Gasteiger partial charge in [0.05, 0.1) is 11.4 Å². The number of nitrogens with one attached hydrogen (secondary N) is 2. The predicted octanol–water partition coefficient (Wildman–Crippen LogP) is 1.53. The van der Waals surface area contributed by atoms with Gasteiger partial charge in [-0.1, -0.05) is 12.1 Å². The van der Waals surface area contributed by atoms with Crippen LogP contribution < -0.4 is 20.8 Å². The van der Waals surface area contributed by atoms with Crippen molar-refractivity contribution in [2.24, 2.45) is 10.2 Å². The maximum atomic E-state index is 13.6. The number of carbonyl (C=O) groups excluding carboxylic acids is 1. The number of nitrogens with two attached hydrogens (primary N) is 1. The Labute approximate surface area is 166 Å². The molecule has 0 aromatic heterocycles. The fourth-order valence-electron chi connectivity index (χ4n) is 2.78. The molecule has 4 N–H and O–H groups in total. The lowest BCUT2D eigenvalue weighted by Crippen LogP contribution is -2.32. The molecule has 1 aliphatic heterocycles. The summed E-state index contributed by atoms with van der Waals surface area (Å²) in [6.45, 7) is 2.18. The number of hydrogen-bond donors (Lipinski definition) is 3. The molecule has 1 heterocycles. The van der Waals surface area contributed by atoms with E-state index in [0.29, 0.717) is 17.8 Å². The lowest BCUT2D eigenvalue weighted by molar-refractivity contribution is -0.112. The van der Waals surface area contributed by atoms with Crippen LogP contribution in [0.15, 0.2) is 52.5 Å². The molecular weight excluding hydrogens is 405 g/mol. The molecule has 0 unspecified atom stereocenters. The van der Waals surface area contributed by atoms with E-state index in [-0.39, 0.29) is 21.4 Å². The van der Waals surface area contributed by atoms with Gasteiger partial charge in [0.2, 0.25) is 10.0 Å². The Morgan fingerprint density at radius 2 is 2.00 bits per heavy atom. The Bertz CT molecular complexity index is 1100. The van der Waals surface area contributed by atoms with Gasteiger partial charge in [-0.25, -0.2) is 17.9 Å². The number of rotatable bonds is 4. The van der Waals surface area contributed by atoms with Crippen molar-refractivity contribution in [1.82, 2.24) is 5.43 Å². The zero-order valence-corrected chi connectivity index (χ0v) is 16.3. The normalized spacial score (nSPS) is 14.9. The summed E-state index contributed by atoms with van der Waals surface area (Å²) < 4.78 is 36.9. The van der Waals surface area contributed by atoms with E-state index in [1.807, 2.05) is 0 Å². The van der Waals surface area contributed by atoms with Crippen LogP contribution in [0.3, 0.4) is 0 Å². The van der Waals surface area contributed by atoms with Crippen molar-refractivity contribution in [3.8, 4) is 0 Å². The van der Waals surface area contributed by atoms with Gasteiger partial charge in [-0.05, 0) is 49.5 Å². The fourth-order valence-corrected chi connectivity index (χ4v) is 3.63. The minimum Gasteiger partial charge on any atom is -0.330 e. The van der Waals surface area contributed by atoms with Gasteiger partial charge in [-0.2, -0.15) is 5.10 Å². The Kier molecular flexibility index (Phi) is 5.40. The third-order valence-electron chi connectivity index (χ3n) is 3.98. The standard InChI is InChI=1S/C17H16FN5O3S2/c1-2-23-13-8-7-10(18)9-11(13)15(16(23)24)21-22-17(27)20-12-5-3-4-6-14(12)28(19,25)26/h3-9H,2H2,1H3,(H2,19,25,26)(H2,20,22,27). The Hall–Kier alpha value is -2.89. The van der Waals surface area contributed by atoms with Gasteiger partial charge in [0.1, 0.15) is 10.7 Å². The number of anilines is 2. The molecule has 0 saturated heterocycles. The molecule has 11 heteroatoms. The zero-order chi connectivity index (χ0) is 20.5. The number of hydrogen-bond acceptors (Lipinski definition) is 5. The molecule has 0 atom stereocenters. The summed E-state index contributed by atoms with van der Waals surface area (Å²) >= 11 is 5.11. The fraction of sp³-hybridized carbons (Fsp3) is 0.118. The van der Waals surface area contributed by atoms with Gasteiger partial charge in [0.15, 0.2) is 10.8 Å². The van der Waals surface area contributed by atoms with Crippen LogP contribution in [-0.4, -0.2) is 31.7 Å². The Morgan fingerprint density at radius 1 is 1.29 bits per heavy atom. The monoisotopic (exact) mass is 421 g/mol. The minimum atomic E-state index is -3.96. The second kappa shape index (κ2) is 7.62. The van der Waals surface area contributed by atoms with Crippen LogP contribution in [0.1, 0.15) is 12.5 Å². The highest BCUT2D eigenvalue weighted by atomic mass is 32.2. The molecular formula is C17H16FN5O3S2. The van der Waals surface area contributed by atoms with Crippen LogP contribution in [0.4, 0.5) is 15.8 Å². The molecule has 1 amide bonds. The molecule has 146 valence electrons. The summed E-state index contributed by atoms with van der Waals surface area (Å²) in [7, 11) is -3.96. The zero-order valence-electron chi connectivity index (χ0n) is 14.6. The average molecular weight is 421 g/mol. The smallest absolute Gasteiger partial charge is 0.279 e. The van der Waals surface area contributed by atoms with Crippen molar-refractivity contribution in [2.75, 3.05) is 16.8 Å². The van der Waals surface area contributed by atoms with Gasteiger partial charge in [0.25, 0.3) is 5.91 Å². The number of benzene rings is 2. The lowest BCUT2D eigenvalue weighted by Gasteiger charge is -2.13. The van der Waals surface area contributed by atoms with Crippen LogP contribution in [-0.2, 0) is 14.8 Å². The van der Waals surface area contributed by atoms with Gasteiger partial charge >= 0.3 is 0 Å². The average Bonchev–Trinajstić information content (AvgIpc) is 2.89. The maximum Gasteiger partial charge on any atom is 0.279 e. The lowest BCUT2D eigenvalue weighted by atomic mass is 10.1. The SMILES string of the molecule is CCN1C(=O)C(=NNC(=S)Nc2ccccc2S(N)(=O)=O)c2cc(F)ccc21. The largest absolute Gasteiger partial charge is 0.330 e. The Balaban J connectivity index is 1.84. The molecule has 1 aliphatic rings. The first-order chi connectivity index (χ1) is 13.2. The van der Waals surface area contributed by atoms with Crippen LogP contribution in [0, 0.1) is 5.82 Å². The van der Waals surface area contributed by atoms with Gasteiger partial charge in [0, 0.05) is 12.1 Å². The van der Waals surface area contributed by atoms with E-state index in [1.54, 1.807) is 13.0 Å². The van der Waals surface area contributed by atoms with Crippen LogP contribution in [0.25, 0.3) is 0 Å². The van der Waals surface area contributed by atoms with Crippen molar-refractivity contribution in [3.05, 3.63) is 53.8 Å². The highest BCUT2D eigenvalue weighted by Crippen LogP contribution is 2.29. The number of primary sulfonamides is 1. The summed E-state index contributed by atoms with van der Waals surface area (Å²) in [6.07, 6.45) is 0. The molecule has 2 aromatic carbocycles. The molecule has 8 nitrogen and oxygen atoms in total. The first-order valence-corrected chi connectivity index (χ1v) is 10.1. The molecule has 0 bridgehead atoms. The van der Waals surface area contributed by atoms with E-state index < -0.39 is 21.7 Å². The third-order valence-corrected chi connectivity index (χ3v) is 5.14. The van der Waals surface area contributed by atoms with E-state index in [9.17, 15) is 17.6 Å². The first-order valence-electron chi connectivity index (χ1n) is 8.10. The molecule has 2 aromatic rings. The maximum absolute atomic E-state index is 13.6. The molecule has 3 rings (SSSR count). The van der Waals surface area contributed by atoms with Crippen molar-refractivity contribution in [1.29, 1.82) is 0 Å². The van der Waals surface area contributed by atoms with Gasteiger partial charge < -0.3 is 10.2 Å². The second-order valence-corrected chi connectivity index (χ2v) is 7.72. The number of likely N-dealkylation sites (N-methyl/N-ethyl adjacent to an activating group) is 1. The van der Waals surface area contributed by atoms with E-state index in [4.69, 9.17) is 17.4 Å². The summed E-state index contributed by atoms with van der Waals surface area (Å²) in [6, 6.07) is 9.91. The third kappa shape index (κ3) is 3.86. The quantitative estimate of drug-likeness (QED) is 0.509. The molecule has 0 saturated carbocycles. The van der Waals surface area contributed by atoms with Crippen molar-refractivity contribution < 1.29 is 17.6 Å². The highest BCUT2D eigenvalue weighted by molar-refractivity contribution is 7.89. The summed E-state index contributed by atoms with van der Waals surface area (Å²) in [4.78, 5) is 13.8. The molecule has 0 radical (unpaired) electrons. The first kappa shape index (κ1) is 19.9. The molecule has 28 heavy (non-hydrogen) atoms. The topological polar surface area (TPSA) is 117 Å². The summed E-state index contributed by atoms with van der Waals surface area (Å²) in [5.74, 6) is -0.900. The van der Waals surface area contributed by atoms with Crippen molar-refractivity contribution >= 4 is 50.3 Å². The number of nitrogens with zero attached hydrogens (tertiary/aromatic N) is 2. The Morgan fingerprint density at radius 3 is 2.68 bits per heavy atom. The van der Waals surface area contributed by atoms with Crippen molar-refractivity contribution in [3.63, 3.8) is 0 Å². The van der Waals surface area contributed by atoms with E-state index in [2.05, 4.69) is 15.8 Å². The van der Waals surface area contributed by atoms with E-state index >= 15 is 0 Å².